The van der Waals surface area contributed by atoms with Crippen LogP contribution in [-0.2, 0) is 0 Å². The van der Waals surface area contributed by atoms with Crippen molar-refractivity contribution in [3.8, 4) is 0 Å². The lowest BCUT2D eigenvalue weighted by atomic mass is 10.2. The minimum absolute atomic E-state index is 0.183. The van der Waals surface area contributed by atoms with Crippen molar-refractivity contribution < 1.29 is 4.39 Å². The second kappa shape index (κ2) is 7.37. The van der Waals surface area contributed by atoms with E-state index in [0.717, 1.165) is 19.6 Å². The highest BCUT2D eigenvalue weighted by atomic mass is 19.1. The lowest BCUT2D eigenvalue weighted by Gasteiger charge is -2.28. The minimum atomic E-state index is -0.183. The SMILES string of the molecule is CC(C)CN(CCNc1ccccc1F)C(C)C. The average molecular weight is 252 g/mol. The van der Waals surface area contributed by atoms with Crippen molar-refractivity contribution in [2.24, 2.45) is 5.92 Å². The molecule has 0 heterocycles. The van der Waals surface area contributed by atoms with Gasteiger partial charge in [0.15, 0.2) is 0 Å². The van der Waals surface area contributed by atoms with Gasteiger partial charge in [0.1, 0.15) is 5.82 Å². The first-order valence-corrected chi connectivity index (χ1v) is 6.73. The molecule has 0 saturated heterocycles. The van der Waals surface area contributed by atoms with Gasteiger partial charge in [0.2, 0.25) is 0 Å². The van der Waals surface area contributed by atoms with E-state index in [1.54, 1.807) is 12.1 Å². The van der Waals surface area contributed by atoms with E-state index in [9.17, 15) is 4.39 Å². The van der Waals surface area contributed by atoms with Gasteiger partial charge in [-0.15, -0.1) is 0 Å². The van der Waals surface area contributed by atoms with Crippen LogP contribution in [0.2, 0.25) is 0 Å². The third-order valence-corrected chi connectivity index (χ3v) is 2.92. The summed E-state index contributed by atoms with van der Waals surface area (Å²) in [7, 11) is 0. The van der Waals surface area contributed by atoms with Gasteiger partial charge in [0.05, 0.1) is 5.69 Å². The first kappa shape index (κ1) is 15.0. The van der Waals surface area contributed by atoms with Gasteiger partial charge in [-0.1, -0.05) is 26.0 Å². The topological polar surface area (TPSA) is 15.3 Å². The summed E-state index contributed by atoms with van der Waals surface area (Å²) in [4.78, 5) is 2.42. The molecule has 0 atom stereocenters. The highest BCUT2D eigenvalue weighted by Crippen LogP contribution is 2.12. The number of anilines is 1. The van der Waals surface area contributed by atoms with Crippen LogP contribution in [0.5, 0.6) is 0 Å². The molecule has 0 amide bonds. The summed E-state index contributed by atoms with van der Waals surface area (Å²) in [5, 5.41) is 3.15. The summed E-state index contributed by atoms with van der Waals surface area (Å²) in [6.45, 7) is 11.6. The Kier molecular flexibility index (Phi) is 6.13. The van der Waals surface area contributed by atoms with Gasteiger partial charge in [-0.25, -0.2) is 4.39 Å². The first-order valence-electron chi connectivity index (χ1n) is 6.73. The quantitative estimate of drug-likeness (QED) is 0.797. The molecule has 0 bridgehead atoms. The Labute approximate surface area is 110 Å². The Morgan fingerprint density at radius 1 is 1.17 bits per heavy atom. The molecule has 0 spiro atoms. The molecule has 1 N–H and O–H groups in total. The number of halogens is 1. The largest absolute Gasteiger partial charge is 0.381 e. The molecule has 0 saturated carbocycles. The Morgan fingerprint density at radius 3 is 2.39 bits per heavy atom. The molecule has 0 fully saturated rings. The highest BCUT2D eigenvalue weighted by molar-refractivity contribution is 5.44. The third-order valence-electron chi connectivity index (χ3n) is 2.92. The zero-order valence-corrected chi connectivity index (χ0v) is 11.9. The van der Waals surface area contributed by atoms with Crippen LogP contribution < -0.4 is 5.32 Å². The van der Waals surface area contributed by atoms with Crippen LogP contribution in [0.1, 0.15) is 27.7 Å². The molecule has 0 aliphatic rings. The zero-order valence-electron chi connectivity index (χ0n) is 11.9. The molecule has 18 heavy (non-hydrogen) atoms. The van der Waals surface area contributed by atoms with E-state index < -0.39 is 0 Å². The summed E-state index contributed by atoms with van der Waals surface area (Å²) in [6, 6.07) is 7.34. The Hall–Kier alpha value is -1.09. The number of nitrogens with one attached hydrogen (secondary N) is 1. The number of hydrogen-bond donors (Lipinski definition) is 1. The summed E-state index contributed by atoms with van der Waals surface area (Å²) >= 11 is 0. The number of nitrogens with zero attached hydrogens (tertiary/aromatic N) is 1. The van der Waals surface area contributed by atoms with E-state index in [-0.39, 0.29) is 5.82 Å². The monoisotopic (exact) mass is 252 g/mol. The summed E-state index contributed by atoms with van der Waals surface area (Å²) < 4.78 is 13.4. The maximum atomic E-state index is 13.4. The number of hydrogen-bond acceptors (Lipinski definition) is 2. The molecule has 0 radical (unpaired) electrons. The van der Waals surface area contributed by atoms with Gasteiger partial charge in [-0.05, 0) is 31.9 Å². The molecular weight excluding hydrogens is 227 g/mol. The second-order valence-corrected chi connectivity index (χ2v) is 5.39. The van der Waals surface area contributed by atoms with Crippen molar-refractivity contribution in [1.29, 1.82) is 0 Å². The molecular formula is C15H25FN2. The number of para-hydroxylation sites is 1. The van der Waals surface area contributed by atoms with Crippen molar-refractivity contribution in [2.45, 2.75) is 33.7 Å². The molecule has 3 heteroatoms. The van der Waals surface area contributed by atoms with Crippen LogP contribution in [0.15, 0.2) is 24.3 Å². The lowest BCUT2D eigenvalue weighted by molar-refractivity contribution is 0.205. The third kappa shape index (κ3) is 5.05. The molecule has 2 nitrogen and oxygen atoms in total. The molecule has 0 aliphatic carbocycles. The molecule has 0 unspecified atom stereocenters. The molecule has 1 rings (SSSR count). The summed E-state index contributed by atoms with van der Waals surface area (Å²) in [6.07, 6.45) is 0. The zero-order chi connectivity index (χ0) is 13.5. The predicted molar refractivity (Wildman–Crippen MR) is 76.4 cm³/mol. The maximum Gasteiger partial charge on any atom is 0.146 e. The molecule has 102 valence electrons. The van der Waals surface area contributed by atoms with Gasteiger partial charge in [-0.3, -0.25) is 4.90 Å². The highest BCUT2D eigenvalue weighted by Gasteiger charge is 2.10. The van der Waals surface area contributed by atoms with Crippen LogP contribution in [0, 0.1) is 11.7 Å². The van der Waals surface area contributed by atoms with Crippen LogP contribution in [0.4, 0.5) is 10.1 Å². The van der Waals surface area contributed by atoms with E-state index >= 15 is 0 Å². The van der Waals surface area contributed by atoms with E-state index in [2.05, 4.69) is 37.9 Å². The lowest BCUT2D eigenvalue weighted by Crippen LogP contribution is -2.37. The van der Waals surface area contributed by atoms with Crippen molar-refractivity contribution in [3.63, 3.8) is 0 Å². The Balaban J connectivity index is 2.41. The van der Waals surface area contributed by atoms with E-state index in [1.165, 1.54) is 6.07 Å². The van der Waals surface area contributed by atoms with Crippen molar-refractivity contribution in [1.82, 2.24) is 4.90 Å². The van der Waals surface area contributed by atoms with E-state index in [4.69, 9.17) is 0 Å². The van der Waals surface area contributed by atoms with Gasteiger partial charge in [0, 0.05) is 25.7 Å². The minimum Gasteiger partial charge on any atom is -0.381 e. The standard InChI is InChI=1S/C15H25FN2/c1-12(2)11-18(13(3)4)10-9-17-15-8-6-5-7-14(15)16/h5-8,12-13,17H,9-11H2,1-4H3. The average Bonchev–Trinajstić information content (AvgIpc) is 2.29. The fourth-order valence-corrected chi connectivity index (χ4v) is 1.97. The molecule has 0 aliphatic heterocycles. The van der Waals surface area contributed by atoms with Crippen molar-refractivity contribution >= 4 is 5.69 Å². The Bertz CT molecular complexity index is 350. The smallest absolute Gasteiger partial charge is 0.146 e. The Morgan fingerprint density at radius 2 is 1.83 bits per heavy atom. The second-order valence-electron chi connectivity index (χ2n) is 5.39. The molecule has 1 aromatic carbocycles. The number of rotatable bonds is 7. The van der Waals surface area contributed by atoms with Crippen LogP contribution >= 0.6 is 0 Å². The number of benzene rings is 1. The van der Waals surface area contributed by atoms with Gasteiger partial charge >= 0.3 is 0 Å². The van der Waals surface area contributed by atoms with Crippen LogP contribution in [0.25, 0.3) is 0 Å². The van der Waals surface area contributed by atoms with Crippen LogP contribution in [0.3, 0.4) is 0 Å². The molecule has 0 aromatic heterocycles. The first-order chi connectivity index (χ1) is 8.50. The fraction of sp³-hybridized carbons (Fsp3) is 0.600. The molecule has 1 aromatic rings. The van der Waals surface area contributed by atoms with Crippen molar-refractivity contribution in [2.75, 3.05) is 25.0 Å². The predicted octanol–water partition coefficient (Wildman–Crippen LogP) is 3.60. The van der Waals surface area contributed by atoms with E-state index in [0.29, 0.717) is 17.6 Å². The van der Waals surface area contributed by atoms with Gasteiger partial charge in [-0.2, -0.15) is 0 Å². The van der Waals surface area contributed by atoms with E-state index in [1.807, 2.05) is 6.07 Å². The summed E-state index contributed by atoms with van der Waals surface area (Å²) in [5.74, 6) is 0.471. The summed E-state index contributed by atoms with van der Waals surface area (Å²) in [5.41, 5.74) is 0.589. The van der Waals surface area contributed by atoms with Gasteiger partial charge in [0.25, 0.3) is 0 Å². The maximum absolute atomic E-state index is 13.4. The van der Waals surface area contributed by atoms with Gasteiger partial charge < -0.3 is 5.32 Å². The van der Waals surface area contributed by atoms with Crippen LogP contribution in [-0.4, -0.2) is 30.6 Å². The normalized spacial score (nSPS) is 11.6. The fourth-order valence-electron chi connectivity index (χ4n) is 1.97. The van der Waals surface area contributed by atoms with Crippen molar-refractivity contribution in [3.05, 3.63) is 30.1 Å².